The van der Waals surface area contributed by atoms with Crippen LogP contribution in [0, 0.1) is 0 Å². The van der Waals surface area contributed by atoms with E-state index in [1.54, 1.807) is 24.1 Å². The molecule has 0 fully saturated rings. The maximum Gasteiger partial charge on any atom is 0.260 e. The van der Waals surface area contributed by atoms with E-state index in [0.717, 1.165) is 18.4 Å². The summed E-state index contributed by atoms with van der Waals surface area (Å²) < 4.78 is 11.9. The van der Waals surface area contributed by atoms with E-state index in [1.165, 1.54) is 18.1 Å². The smallest absolute Gasteiger partial charge is 0.260 e. The van der Waals surface area contributed by atoms with Gasteiger partial charge in [-0.05, 0) is 42.2 Å². The molecule has 5 rings (SSSR count). The zero-order valence-electron chi connectivity index (χ0n) is 18.0. The van der Waals surface area contributed by atoms with E-state index in [2.05, 4.69) is 17.4 Å². The fourth-order valence-corrected chi connectivity index (χ4v) is 4.62. The van der Waals surface area contributed by atoms with Crippen LogP contribution in [0.4, 0.5) is 5.69 Å². The van der Waals surface area contributed by atoms with Crippen LogP contribution in [0.5, 0.6) is 11.5 Å². The molecule has 2 aliphatic rings. The van der Waals surface area contributed by atoms with Crippen molar-refractivity contribution in [1.29, 1.82) is 0 Å². The average molecular weight is 428 g/mol. The Balaban J connectivity index is 1.52. The van der Waals surface area contributed by atoms with Crippen molar-refractivity contribution < 1.29 is 19.1 Å². The summed E-state index contributed by atoms with van der Waals surface area (Å²) in [7, 11) is 1.60. The van der Waals surface area contributed by atoms with E-state index in [1.807, 2.05) is 42.5 Å². The third-order valence-electron chi connectivity index (χ3n) is 6.08. The predicted molar refractivity (Wildman–Crippen MR) is 121 cm³/mol. The molecule has 2 unspecified atom stereocenters. The van der Waals surface area contributed by atoms with Crippen LogP contribution in [-0.2, 0) is 11.2 Å². The number of nitrogens with one attached hydrogen (secondary N) is 1. The number of carbonyl (C=O) groups excluding carboxylic acids is 2. The summed E-state index contributed by atoms with van der Waals surface area (Å²) in [5.74, 6) is 0.786. The second kappa shape index (κ2) is 8.04. The lowest BCUT2D eigenvalue weighted by Gasteiger charge is -2.27. The molecule has 0 spiro atoms. The topological polar surface area (TPSA) is 67.9 Å². The molecule has 6 nitrogen and oxygen atoms in total. The zero-order chi connectivity index (χ0) is 22.2. The van der Waals surface area contributed by atoms with Gasteiger partial charge < -0.3 is 14.8 Å². The van der Waals surface area contributed by atoms with E-state index in [4.69, 9.17) is 9.47 Å². The Bertz CT molecular complexity index is 1210. The van der Waals surface area contributed by atoms with Crippen molar-refractivity contribution in [2.45, 2.75) is 32.0 Å². The summed E-state index contributed by atoms with van der Waals surface area (Å²) in [5.41, 5.74) is 4.46. The molecule has 1 aliphatic heterocycles. The largest absolute Gasteiger partial charge is 0.493 e. The Morgan fingerprint density at radius 1 is 1.00 bits per heavy atom. The molecule has 1 aliphatic carbocycles. The van der Waals surface area contributed by atoms with Crippen LogP contribution in [0.3, 0.4) is 0 Å². The molecular weight excluding hydrogens is 404 g/mol. The van der Waals surface area contributed by atoms with E-state index >= 15 is 0 Å². The number of fused-ring (bicyclic) bond motifs is 2. The molecule has 6 heteroatoms. The third-order valence-corrected chi connectivity index (χ3v) is 6.08. The third kappa shape index (κ3) is 3.38. The molecule has 2 amide bonds. The van der Waals surface area contributed by atoms with Crippen molar-refractivity contribution in [1.82, 2.24) is 5.32 Å². The van der Waals surface area contributed by atoms with Gasteiger partial charge in [-0.15, -0.1) is 0 Å². The molecule has 0 aromatic heterocycles. The number of carbonyl (C=O) groups is 2. The fraction of sp³-hybridized carbons (Fsp3) is 0.231. The Labute approximate surface area is 186 Å². The lowest BCUT2D eigenvalue weighted by atomic mass is 10.1. The molecule has 162 valence electrons. The van der Waals surface area contributed by atoms with Gasteiger partial charge in [0.15, 0.2) is 11.5 Å². The Hall–Kier alpha value is -3.80. The van der Waals surface area contributed by atoms with Crippen molar-refractivity contribution in [3.05, 3.63) is 89.0 Å². The normalized spacial score (nSPS) is 18.8. The maximum atomic E-state index is 13.3. The molecule has 0 bridgehead atoms. The van der Waals surface area contributed by atoms with Crippen LogP contribution in [0.25, 0.3) is 0 Å². The first-order chi connectivity index (χ1) is 15.6. The highest BCUT2D eigenvalue weighted by atomic mass is 16.5. The van der Waals surface area contributed by atoms with Gasteiger partial charge in [0.25, 0.3) is 5.91 Å². The number of benzene rings is 3. The minimum Gasteiger partial charge on any atom is -0.493 e. The second-order valence-electron chi connectivity index (χ2n) is 8.04. The van der Waals surface area contributed by atoms with Crippen LogP contribution in [-0.4, -0.2) is 18.9 Å². The lowest BCUT2D eigenvalue weighted by molar-refractivity contribution is -0.119. The number of amides is 2. The summed E-state index contributed by atoms with van der Waals surface area (Å²) in [6, 6.07) is 21.1. The first-order valence-electron chi connectivity index (χ1n) is 10.7. The average Bonchev–Trinajstić information content (AvgIpc) is 3.33. The number of aryl methyl sites for hydroxylation is 1. The van der Waals surface area contributed by atoms with E-state index in [-0.39, 0.29) is 17.9 Å². The predicted octanol–water partition coefficient (Wildman–Crippen LogP) is 4.56. The first kappa shape index (κ1) is 20.1. The summed E-state index contributed by atoms with van der Waals surface area (Å²) >= 11 is 0. The Kier molecular flexibility index (Phi) is 5.05. The number of hydrogen-bond acceptors (Lipinski definition) is 4. The standard InChI is InChI=1S/C26H24N2O4/c1-16(29)27-25-20-9-5-6-10-21(20)26(30)28(25)18-12-14-23(31-2)24(15-18)32-22-13-11-17-7-3-4-8-19(17)22/h3-10,12,14-15,22,25H,11,13H2,1-2H3,(H,27,29). The monoisotopic (exact) mass is 428 g/mol. The van der Waals surface area contributed by atoms with Crippen molar-refractivity contribution in [2.24, 2.45) is 0 Å². The van der Waals surface area contributed by atoms with Gasteiger partial charge in [-0.2, -0.15) is 0 Å². The van der Waals surface area contributed by atoms with Gasteiger partial charge in [0.1, 0.15) is 12.3 Å². The Morgan fingerprint density at radius 2 is 1.75 bits per heavy atom. The highest BCUT2D eigenvalue weighted by molar-refractivity contribution is 6.11. The molecule has 0 saturated carbocycles. The van der Waals surface area contributed by atoms with Crippen LogP contribution in [0.1, 0.15) is 52.7 Å². The molecule has 32 heavy (non-hydrogen) atoms. The van der Waals surface area contributed by atoms with Gasteiger partial charge in [-0.25, -0.2) is 0 Å². The van der Waals surface area contributed by atoms with Crippen molar-refractivity contribution >= 4 is 17.5 Å². The summed E-state index contributed by atoms with van der Waals surface area (Å²) in [6.07, 6.45) is 1.19. The number of nitrogens with zero attached hydrogens (tertiary/aromatic N) is 1. The van der Waals surface area contributed by atoms with Gasteiger partial charge >= 0.3 is 0 Å². The van der Waals surface area contributed by atoms with Gasteiger partial charge in [-0.3, -0.25) is 14.5 Å². The molecule has 3 aromatic rings. The molecular formula is C26H24N2O4. The molecule has 0 saturated heterocycles. The van der Waals surface area contributed by atoms with Crippen LogP contribution in [0.15, 0.2) is 66.7 Å². The maximum absolute atomic E-state index is 13.3. The number of methoxy groups -OCH3 is 1. The van der Waals surface area contributed by atoms with Crippen molar-refractivity contribution in [3.8, 4) is 11.5 Å². The minimum absolute atomic E-state index is 0.0760. The highest BCUT2D eigenvalue weighted by Crippen LogP contribution is 2.42. The molecule has 1 heterocycles. The highest BCUT2D eigenvalue weighted by Gasteiger charge is 2.38. The summed E-state index contributed by atoms with van der Waals surface area (Å²) in [6.45, 7) is 1.45. The number of rotatable bonds is 5. The number of hydrogen-bond donors (Lipinski definition) is 1. The summed E-state index contributed by atoms with van der Waals surface area (Å²) in [5, 5.41) is 2.91. The van der Waals surface area contributed by atoms with Crippen LogP contribution < -0.4 is 19.7 Å². The van der Waals surface area contributed by atoms with E-state index in [9.17, 15) is 9.59 Å². The lowest BCUT2D eigenvalue weighted by Crippen LogP contribution is -2.38. The van der Waals surface area contributed by atoms with Gasteiger partial charge in [-0.1, -0.05) is 42.5 Å². The van der Waals surface area contributed by atoms with Crippen molar-refractivity contribution in [3.63, 3.8) is 0 Å². The minimum atomic E-state index is -0.579. The van der Waals surface area contributed by atoms with Gasteiger partial charge in [0, 0.05) is 24.1 Å². The molecule has 3 aromatic carbocycles. The quantitative estimate of drug-likeness (QED) is 0.647. The van der Waals surface area contributed by atoms with E-state index in [0.29, 0.717) is 22.7 Å². The fourth-order valence-electron chi connectivity index (χ4n) is 4.62. The number of ether oxygens (including phenoxy) is 2. The zero-order valence-corrected chi connectivity index (χ0v) is 18.0. The second-order valence-corrected chi connectivity index (χ2v) is 8.04. The molecule has 0 radical (unpaired) electrons. The Morgan fingerprint density at radius 3 is 2.53 bits per heavy atom. The molecule has 1 N–H and O–H groups in total. The van der Waals surface area contributed by atoms with Gasteiger partial charge in [0.05, 0.1) is 12.8 Å². The van der Waals surface area contributed by atoms with Crippen LogP contribution >= 0.6 is 0 Å². The number of anilines is 1. The van der Waals surface area contributed by atoms with E-state index < -0.39 is 6.17 Å². The van der Waals surface area contributed by atoms with Gasteiger partial charge in [0.2, 0.25) is 5.91 Å². The summed E-state index contributed by atoms with van der Waals surface area (Å²) in [4.78, 5) is 26.8. The molecule has 2 atom stereocenters. The first-order valence-corrected chi connectivity index (χ1v) is 10.7. The SMILES string of the molecule is COc1ccc(N2C(=O)c3ccccc3C2NC(C)=O)cc1OC1CCc2ccccc21. The van der Waals surface area contributed by atoms with Crippen molar-refractivity contribution in [2.75, 3.05) is 12.0 Å². The van der Waals surface area contributed by atoms with Crippen LogP contribution in [0.2, 0.25) is 0 Å².